The lowest BCUT2D eigenvalue weighted by Crippen LogP contribution is -2.65. The molecular weight excluding hydrogens is 423 g/mol. The minimum atomic E-state index is -0.694. The van der Waals surface area contributed by atoms with Crippen LogP contribution in [0.2, 0.25) is 5.02 Å². The van der Waals surface area contributed by atoms with E-state index in [1.165, 1.54) is 17.7 Å². The molecule has 3 aliphatic carbocycles. The Balaban J connectivity index is 1.29. The van der Waals surface area contributed by atoms with Crippen LogP contribution in [-0.2, 0) is 11.3 Å². The fourth-order valence-electron chi connectivity index (χ4n) is 4.04. The maximum atomic E-state index is 13.5. The zero-order valence-corrected chi connectivity index (χ0v) is 17.8. The molecule has 1 saturated carbocycles. The molecule has 1 fully saturated rings. The van der Waals surface area contributed by atoms with E-state index in [4.69, 9.17) is 21.1 Å². The van der Waals surface area contributed by atoms with Gasteiger partial charge in [-0.3, -0.25) is 4.79 Å². The predicted molar refractivity (Wildman–Crippen MR) is 114 cm³/mol. The second-order valence-corrected chi connectivity index (χ2v) is 8.33. The highest BCUT2D eigenvalue weighted by Crippen LogP contribution is 2.47. The molecule has 1 amide bonds. The summed E-state index contributed by atoms with van der Waals surface area (Å²) in [5.41, 5.74) is 2.70. The number of hydrogen-bond acceptors (Lipinski definition) is 5. The quantitative estimate of drug-likeness (QED) is 0.579. The van der Waals surface area contributed by atoms with Crippen molar-refractivity contribution in [2.45, 2.75) is 37.5 Å². The molecule has 3 N–H and O–H groups in total. The lowest BCUT2D eigenvalue weighted by atomic mass is 9.62. The Kier molecular flexibility index (Phi) is 6.07. The summed E-state index contributed by atoms with van der Waals surface area (Å²) in [6.07, 6.45) is 0.955. The second-order valence-electron chi connectivity index (χ2n) is 7.93. The van der Waals surface area contributed by atoms with Crippen molar-refractivity contribution >= 4 is 17.5 Å². The van der Waals surface area contributed by atoms with Crippen LogP contribution in [0.3, 0.4) is 0 Å². The van der Waals surface area contributed by atoms with E-state index in [0.717, 1.165) is 23.1 Å². The van der Waals surface area contributed by atoms with Crippen molar-refractivity contribution in [2.75, 3.05) is 13.7 Å². The Hall–Kier alpha value is -2.77. The molecule has 2 aromatic rings. The summed E-state index contributed by atoms with van der Waals surface area (Å²) in [5.74, 6) is 0.0638. The molecule has 164 valence electrons. The summed E-state index contributed by atoms with van der Waals surface area (Å²) >= 11 is 5.64. The normalized spacial score (nSPS) is 21.9. The number of fused-ring (bicyclic) bond motifs is 2. The van der Waals surface area contributed by atoms with Gasteiger partial charge in [0.05, 0.1) is 23.8 Å². The first-order valence-electron chi connectivity index (χ1n) is 10.0. The van der Waals surface area contributed by atoms with Crippen molar-refractivity contribution in [2.24, 2.45) is 0 Å². The molecule has 6 nitrogen and oxygen atoms in total. The molecule has 1 atom stereocenters. The number of benzene rings is 2. The Bertz CT molecular complexity index is 1000. The number of aliphatic hydroxyl groups is 1. The molecule has 31 heavy (non-hydrogen) atoms. The van der Waals surface area contributed by atoms with Crippen LogP contribution in [0.25, 0.3) is 0 Å². The number of amides is 1. The molecule has 1 unspecified atom stereocenters. The van der Waals surface area contributed by atoms with Gasteiger partial charge in [0.1, 0.15) is 17.3 Å². The molecule has 0 aromatic heterocycles. The Labute approximate surface area is 185 Å². The minimum Gasteiger partial charge on any atom is -0.497 e. The largest absolute Gasteiger partial charge is 0.497 e. The number of methoxy groups -OCH3 is 1. The van der Waals surface area contributed by atoms with E-state index in [2.05, 4.69) is 10.6 Å². The van der Waals surface area contributed by atoms with Gasteiger partial charge in [0, 0.05) is 24.7 Å². The van der Waals surface area contributed by atoms with Gasteiger partial charge in [-0.2, -0.15) is 0 Å². The third kappa shape index (κ3) is 4.62. The first kappa shape index (κ1) is 21.5. The number of nitrogens with one attached hydrogen (secondary N) is 2. The first-order chi connectivity index (χ1) is 14.9. The molecule has 0 aliphatic heterocycles. The lowest BCUT2D eigenvalue weighted by Gasteiger charge is -2.52. The number of carbonyl (C=O) groups excluding carboxylic acids is 1. The van der Waals surface area contributed by atoms with Gasteiger partial charge < -0.3 is 25.2 Å². The van der Waals surface area contributed by atoms with Gasteiger partial charge in [0.25, 0.3) is 5.91 Å². The van der Waals surface area contributed by atoms with Crippen LogP contribution in [-0.4, -0.2) is 36.4 Å². The van der Waals surface area contributed by atoms with Crippen molar-refractivity contribution in [1.82, 2.24) is 10.6 Å². The number of aliphatic hydroxyl groups excluding tert-OH is 1. The summed E-state index contributed by atoms with van der Waals surface area (Å²) in [6, 6.07) is 11.8. The van der Waals surface area contributed by atoms with Crippen LogP contribution < -0.4 is 20.1 Å². The van der Waals surface area contributed by atoms with Crippen LogP contribution in [0, 0.1) is 5.82 Å². The average molecular weight is 447 g/mol. The van der Waals surface area contributed by atoms with Crippen LogP contribution in [0.15, 0.2) is 53.7 Å². The number of ether oxygens (including phenoxy) is 2. The molecule has 0 radical (unpaired) electrons. The van der Waals surface area contributed by atoms with Gasteiger partial charge in [-0.1, -0.05) is 23.7 Å². The zero-order chi connectivity index (χ0) is 22.0. The number of carbonyl (C=O) groups is 1. The topological polar surface area (TPSA) is 79.8 Å². The fraction of sp³-hybridized carbons (Fsp3) is 0.348. The Morgan fingerprint density at radius 2 is 1.94 bits per heavy atom. The van der Waals surface area contributed by atoms with Gasteiger partial charge in [0.2, 0.25) is 0 Å². The third-order valence-corrected chi connectivity index (χ3v) is 6.14. The lowest BCUT2D eigenvalue weighted by molar-refractivity contribution is -0.128. The fourth-order valence-corrected chi connectivity index (χ4v) is 4.16. The molecule has 2 bridgehead atoms. The maximum Gasteiger partial charge on any atom is 0.258 e. The molecule has 8 heteroatoms. The molecule has 3 aliphatic rings. The van der Waals surface area contributed by atoms with Gasteiger partial charge in [-0.25, -0.2) is 4.39 Å². The summed E-state index contributed by atoms with van der Waals surface area (Å²) < 4.78 is 24.0. The minimum absolute atomic E-state index is 0.00814. The standard InChI is InChI=1S/C23H24ClFN2O4/c1-30-16-4-2-14(3-5-16)12-26-20-9-21(28)23(10-15(20)11-23)27-22(29)13-31-17-6-7-18(24)19(25)8-17/h2-8,21,26,28H,9-13H2,1H3,(H,27,29). The average Bonchev–Trinajstić information content (AvgIpc) is 2.74. The van der Waals surface area contributed by atoms with Gasteiger partial charge in [0.15, 0.2) is 6.61 Å². The first-order valence-corrected chi connectivity index (χ1v) is 10.4. The van der Waals surface area contributed by atoms with Crippen LogP contribution >= 0.6 is 11.6 Å². The second kappa shape index (κ2) is 8.77. The Morgan fingerprint density at radius 3 is 2.58 bits per heavy atom. The number of hydrogen-bond donors (Lipinski definition) is 3. The van der Waals surface area contributed by atoms with E-state index < -0.39 is 17.5 Å². The van der Waals surface area contributed by atoms with E-state index in [0.29, 0.717) is 25.8 Å². The van der Waals surface area contributed by atoms with Crippen LogP contribution in [0.1, 0.15) is 24.8 Å². The van der Waals surface area contributed by atoms with Crippen molar-refractivity contribution < 1.29 is 23.8 Å². The predicted octanol–water partition coefficient (Wildman–Crippen LogP) is 3.32. The van der Waals surface area contributed by atoms with Gasteiger partial charge in [-0.05, 0) is 48.2 Å². The third-order valence-electron chi connectivity index (χ3n) is 5.83. The number of rotatable bonds is 8. The molecule has 0 saturated heterocycles. The molecule has 0 spiro atoms. The Morgan fingerprint density at radius 1 is 1.23 bits per heavy atom. The van der Waals surface area contributed by atoms with Crippen molar-refractivity contribution in [3.8, 4) is 11.5 Å². The van der Waals surface area contributed by atoms with E-state index in [9.17, 15) is 14.3 Å². The van der Waals surface area contributed by atoms with E-state index in [-0.39, 0.29) is 23.3 Å². The van der Waals surface area contributed by atoms with Crippen LogP contribution in [0.4, 0.5) is 4.39 Å². The van der Waals surface area contributed by atoms with Gasteiger partial charge in [-0.15, -0.1) is 0 Å². The van der Waals surface area contributed by atoms with Crippen molar-refractivity contribution in [3.05, 3.63) is 70.1 Å². The highest BCUT2D eigenvalue weighted by Gasteiger charge is 2.52. The van der Waals surface area contributed by atoms with Crippen molar-refractivity contribution in [3.63, 3.8) is 0 Å². The van der Waals surface area contributed by atoms with Crippen LogP contribution in [0.5, 0.6) is 11.5 Å². The molecule has 0 heterocycles. The summed E-state index contributed by atoms with van der Waals surface area (Å²) in [6.45, 7) is 0.386. The van der Waals surface area contributed by atoms with E-state index in [1.54, 1.807) is 7.11 Å². The van der Waals surface area contributed by atoms with Crippen molar-refractivity contribution in [1.29, 1.82) is 0 Å². The summed E-state index contributed by atoms with van der Waals surface area (Å²) in [7, 11) is 1.63. The summed E-state index contributed by atoms with van der Waals surface area (Å²) in [5, 5.41) is 17.0. The smallest absolute Gasteiger partial charge is 0.258 e. The van der Waals surface area contributed by atoms with Gasteiger partial charge >= 0.3 is 0 Å². The van der Waals surface area contributed by atoms with E-state index >= 15 is 0 Å². The number of halogens is 2. The monoisotopic (exact) mass is 446 g/mol. The molecule has 2 aromatic carbocycles. The maximum absolute atomic E-state index is 13.5. The molecular formula is C23H24ClFN2O4. The highest BCUT2D eigenvalue weighted by atomic mass is 35.5. The zero-order valence-electron chi connectivity index (χ0n) is 17.1. The SMILES string of the molecule is COc1ccc(CNC2=C3CC(NC(=O)COc4ccc(Cl)c(F)c4)(C3)C(O)C2)cc1. The highest BCUT2D eigenvalue weighted by molar-refractivity contribution is 6.30. The van der Waals surface area contributed by atoms with E-state index in [1.807, 2.05) is 24.3 Å². The summed E-state index contributed by atoms with van der Waals surface area (Å²) in [4.78, 5) is 12.3. The molecule has 5 rings (SSSR count).